The van der Waals surface area contributed by atoms with Crippen LogP contribution in [0.15, 0.2) is 23.1 Å². The lowest BCUT2D eigenvalue weighted by atomic mass is 10.0. The van der Waals surface area contributed by atoms with Crippen molar-refractivity contribution in [2.45, 2.75) is 38.6 Å². The smallest absolute Gasteiger partial charge is 0.254 e. The second-order valence-corrected chi connectivity index (χ2v) is 4.70. The molecule has 1 fully saturated rings. The summed E-state index contributed by atoms with van der Waals surface area (Å²) >= 11 is 0. The van der Waals surface area contributed by atoms with Crippen molar-refractivity contribution in [1.29, 1.82) is 0 Å². The third-order valence-electron chi connectivity index (χ3n) is 3.16. The zero-order valence-electron chi connectivity index (χ0n) is 9.98. The van der Waals surface area contributed by atoms with E-state index in [-0.39, 0.29) is 17.5 Å². The van der Waals surface area contributed by atoms with Gasteiger partial charge in [0.25, 0.3) is 5.56 Å². The fourth-order valence-electron chi connectivity index (χ4n) is 2.20. The van der Waals surface area contributed by atoms with Crippen LogP contribution in [-0.4, -0.2) is 17.8 Å². The van der Waals surface area contributed by atoms with Gasteiger partial charge >= 0.3 is 0 Å². The zero-order valence-corrected chi connectivity index (χ0v) is 9.98. The summed E-state index contributed by atoms with van der Waals surface area (Å²) < 4.78 is 7.27. The Morgan fingerprint density at radius 1 is 1.50 bits per heavy atom. The van der Waals surface area contributed by atoms with Crippen LogP contribution in [0, 0.1) is 0 Å². The molecule has 1 aliphatic rings. The third-order valence-corrected chi connectivity index (χ3v) is 3.16. The van der Waals surface area contributed by atoms with Crippen molar-refractivity contribution in [3.8, 4) is 0 Å². The molecule has 1 aromatic rings. The summed E-state index contributed by atoms with van der Waals surface area (Å²) in [5.74, 6) is 0.282. The van der Waals surface area contributed by atoms with Gasteiger partial charge in [0.15, 0.2) is 0 Å². The molecular weight excluding hydrogens is 202 g/mol. The fourth-order valence-corrected chi connectivity index (χ4v) is 2.20. The fraction of sp³-hybridized carbons (Fsp3) is 0.615. The summed E-state index contributed by atoms with van der Waals surface area (Å²) in [5.41, 5.74) is 1.04. The van der Waals surface area contributed by atoms with Crippen LogP contribution in [0.1, 0.15) is 44.2 Å². The molecule has 88 valence electrons. The number of nitrogens with zero attached hydrogens (tertiary/aromatic N) is 1. The van der Waals surface area contributed by atoms with Crippen LogP contribution in [0.5, 0.6) is 0 Å². The van der Waals surface area contributed by atoms with Crippen molar-refractivity contribution in [3.63, 3.8) is 0 Å². The number of pyridine rings is 1. The number of rotatable bonds is 2. The number of hydrogen-bond acceptors (Lipinski definition) is 2. The van der Waals surface area contributed by atoms with Gasteiger partial charge in [-0.1, -0.05) is 19.9 Å². The molecule has 0 radical (unpaired) electrons. The Labute approximate surface area is 96.0 Å². The number of hydrogen-bond donors (Lipinski definition) is 0. The van der Waals surface area contributed by atoms with Gasteiger partial charge in [-0.3, -0.25) is 4.79 Å². The molecule has 2 heterocycles. The molecule has 0 bridgehead atoms. The Morgan fingerprint density at radius 3 is 2.94 bits per heavy atom. The van der Waals surface area contributed by atoms with Crippen molar-refractivity contribution in [1.82, 2.24) is 4.57 Å². The van der Waals surface area contributed by atoms with Crippen LogP contribution in [-0.2, 0) is 4.74 Å². The maximum absolute atomic E-state index is 12.2. The predicted molar refractivity (Wildman–Crippen MR) is 63.9 cm³/mol. The SMILES string of the molecule is CC(C)c1cccn([C@H]2CCCOC2)c1=O. The Bertz CT molecular complexity index is 403. The van der Waals surface area contributed by atoms with E-state index >= 15 is 0 Å². The molecule has 1 aliphatic heterocycles. The first-order chi connectivity index (χ1) is 7.70. The van der Waals surface area contributed by atoms with Gasteiger partial charge < -0.3 is 9.30 Å². The van der Waals surface area contributed by atoms with E-state index in [1.807, 2.05) is 22.9 Å². The first-order valence-corrected chi connectivity index (χ1v) is 5.99. The van der Waals surface area contributed by atoms with Gasteiger partial charge in [-0.15, -0.1) is 0 Å². The molecule has 3 heteroatoms. The van der Waals surface area contributed by atoms with Crippen molar-refractivity contribution in [2.24, 2.45) is 0 Å². The first-order valence-electron chi connectivity index (χ1n) is 5.99. The minimum atomic E-state index is 0.146. The van der Waals surface area contributed by atoms with Gasteiger partial charge in [-0.25, -0.2) is 0 Å². The van der Waals surface area contributed by atoms with Gasteiger partial charge in [0.2, 0.25) is 0 Å². The van der Waals surface area contributed by atoms with Crippen molar-refractivity contribution in [3.05, 3.63) is 34.2 Å². The van der Waals surface area contributed by atoms with Crippen LogP contribution in [0.3, 0.4) is 0 Å². The highest BCUT2D eigenvalue weighted by atomic mass is 16.5. The second kappa shape index (κ2) is 4.83. The zero-order chi connectivity index (χ0) is 11.5. The molecule has 0 unspecified atom stereocenters. The average molecular weight is 221 g/mol. The highest BCUT2D eigenvalue weighted by molar-refractivity contribution is 5.14. The second-order valence-electron chi connectivity index (χ2n) is 4.70. The van der Waals surface area contributed by atoms with Gasteiger partial charge in [0, 0.05) is 18.4 Å². The van der Waals surface area contributed by atoms with E-state index in [4.69, 9.17) is 4.74 Å². The van der Waals surface area contributed by atoms with Crippen LogP contribution in [0.25, 0.3) is 0 Å². The van der Waals surface area contributed by atoms with E-state index in [2.05, 4.69) is 13.8 Å². The van der Waals surface area contributed by atoms with E-state index < -0.39 is 0 Å². The number of aromatic nitrogens is 1. The molecular formula is C13H19NO2. The minimum absolute atomic E-state index is 0.146. The summed E-state index contributed by atoms with van der Waals surface area (Å²) in [7, 11) is 0. The van der Waals surface area contributed by atoms with Gasteiger partial charge in [-0.2, -0.15) is 0 Å². The third kappa shape index (κ3) is 2.19. The van der Waals surface area contributed by atoms with E-state index in [0.717, 1.165) is 25.0 Å². The maximum atomic E-state index is 12.2. The van der Waals surface area contributed by atoms with Gasteiger partial charge in [-0.05, 0) is 24.8 Å². The van der Waals surface area contributed by atoms with E-state index in [1.165, 1.54) is 0 Å². The van der Waals surface area contributed by atoms with Crippen molar-refractivity contribution >= 4 is 0 Å². The largest absolute Gasteiger partial charge is 0.379 e. The van der Waals surface area contributed by atoms with Crippen LogP contribution < -0.4 is 5.56 Å². The summed E-state index contributed by atoms with van der Waals surface area (Å²) in [6.45, 7) is 5.60. The molecule has 0 spiro atoms. The van der Waals surface area contributed by atoms with E-state index in [0.29, 0.717) is 6.61 Å². The quantitative estimate of drug-likeness (QED) is 0.767. The van der Waals surface area contributed by atoms with E-state index in [1.54, 1.807) is 0 Å². The maximum Gasteiger partial charge on any atom is 0.254 e. The first kappa shape index (κ1) is 11.4. The van der Waals surface area contributed by atoms with Gasteiger partial charge in [0.05, 0.1) is 12.6 Å². The average Bonchev–Trinajstić information content (AvgIpc) is 2.30. The van der Waals surface area contributed by atoms with Crippen LogP contribution in [0.4, 0.5) is 0 Å². The standard InChI is InChI=1S/C13H19NO2/c1-10(2)12-6-3-7-14(13(12)15)11-5-4-8-16-9-11/h3,6-7,10-11H,4-5,8-9H2,1-2H3/t11-/m0/s1. The molecule has 16 heavy (non-hydrogen) atoms. The lowest BCUT2D eigenvalue weighted by molar-refractivity contribution is 0.0579. The van der Waals surface area contributed by atoms with Crippen molar-refractivity contribution in [2.75, 3.05) is 13.2 Å². The van der Waals surface area contributed by atoms with Crippen LogP contribution in [0.2, 0.25) is 0 Å². The molecule has 1 saturated heterocycles. The van der Waals surface area contributed by atoms with Crippen molar-refractivity contribution < 1.29 is 4.74 Å². The lowest BCUT2D eigenvalue weighted by Crippen LogP contribution is -2.32. The molecule has 1 atom stereocenters. The topological polar surface area (TPSA) is 31.2 Å². The molecule has 3 nitrogen and oxygen atoms in total. The molecule has 0 aliphatic carbocycles. The molecule has 0 N–H and O–H groups in total. The Balaban J connectivity index is 2.33. The Hall–Kier alpha value is -1.09. The monoisotopic (exact) mass is 221 g/mol. The van der Waals surface area contributed by atoms with Crippen LogP contribution >= 0.6 is 0 Å². The summed E-state index contributed by atoms with van der Waals surface area (Å²) in [4.78, 5) is 12.2. The van der Waals surface area contributed by atoms with Gasteiger partial charge in [0.1, 0.15) is 0 Å². The highest BCUT2D eigenvalue weighted by Crippen LogP contribution is 2.18. The molecule has 0 aromatic carbocycles. The Morgan fingerprint density at radius 2 is 2.31 bits per heavy atom. The normalized spacial score (nSPS) is 21.3. The summed E-state index contributed by atoms with van der Waals surface area (Å²) in [5, 5.41) is 0. The molecule has 0 amide bonds. The van der Waals surface area contributed by atoms with E-state index in [9.17, 15) is 4.79 Å². The predicted octanol–water partition coefficient (Wildman–Crippen LogP) is 2.32. The number of ether oxygens (including phenoxy) is 1. The minimum Gasteiger partial charge on any atom is -0.379 e. The Kier molecular flexibility index (Phi) is 3.44. The molecule has 1 aromatic heterocycles. The summed E-state index contributed by atoms with van der Waals surface area (Å²) in [6, 6.07) is 4.11. The highest BCUT2D eigenvalue weighted by Gasteiger charge is 2.18. The molecule has 2 rings (SSSR count). The molecule has 0 saturated carbocycles. The lowest BCUT2D eigenvalue weighted by Gasteiger charge is -2.24. The summed E-state index contributed by atoms with van der Waals surface area (Å²) in [6.07, 6.45) is 3.97.